The Bertz CT molecular complexity index is 932. The van der Waals surface area contributed by atoms with Gasteiger partial charge in [-0.1, -0.05) is 29.8 Å². The Labute approximate surface area is 144 Å². The zero-order valence-electron chi connectivity index (χ0n) is 13.7. The highest BCUT2D eigenvalue weighted by Crippen LogP contribution is 2.29. The Kier molecular flexibility index (Phi) is 4.36. The standard InChI is InChI=1S/C18H17N3O2S/c1-11-4-6-14(7-5-11)10-21-17-15(13(3)20-21)8-16(24-17)18(22)23-12(2)9-19/h4-8,12H,10H2,1-3H3/t12-/m0/s1. The summed E-state index contributed by atoms with van der Waals surface area (Å²) >= 11 is 1.34. The van der Waals surface area contributed by atoms with Gasteiger partial charge < -0.3 is 4.74 Å². The number of carbonyl (C=O) groups is 1. The highest BCUT2D eigenvalue weighted by Gasteiger charge is 2.19. The van der Waals surface area contributed by atoms with Crippen LogP contribution in [0.1, 0.15) is 33.4 Å². The van der Waals surface area contributed by atoms with E-state index in [9.17, 15) is 4.79 Å². The van der Waals surface area contributed by atoms with Gasteiger partial charge in [0.2, 0.25) is 0 Å². The molecule has 0 aliphatic heterocycles. The third kappa shape index (κ3) is 3.17. The Balaban J connectivity index is 1.91. The molecule has 1 atom stereocenters. The highest BCUT2D eigenvalue weighted by atomic mass is 32.1. The molecule has 3 rings (SSSR count). The van der Waals surface area contributed by atoms with Crippen molar-refractivity contribution in [3.8, 4) is 6.07 Å². The first-order valence-electron chi connectivity index (χ1n) is 7.61. The van der Waals surface area contributed by atoms with Crippen molar-refractivity contribution in [1.82, 2.24) is 9.78 Å². The molecule has 0 fully saturated rings. The molecule has 1 aromatic carbocycles. The van der Waals surface area contributed by atoms with Gasteiger partial charge in [0.1, 0.15) is 15.8 Å². The van der Waals surface area contributed by atoms with Crippen molar-refractivity contribution in [3.05, 3.63) is 52.0 Å². The van der Waals surface area contributed by atoms with Crippen LogP contribution in [-0.2, 0) is 11.3 Å². The molecule has 5 nitrogen and oxygen atoms in total. The van der Waals surface area contributed by atoms with Crippen molar-refractivity contribution in [3.63, 3.8) is 0 Å². The molecule has 2 heterocycles. The lowest BCUT2D eigenvalue weighted by atomic mass is 10.1. The van der Waals surface area contributed by atoms with Crippen molar-refractivity contribution in [1.29, 1.82) is 5.26 Å². The molecule has 0 spiro atoms. The second-order valence-corrected chi connectivity index (χ2v) is 6.77. The third-order valence-electron chi connectivity index (χ3n) is 3.73. The minimum absolute atomic E-state index is 0.466. The van der Waals surface area contributed by atoms with E-state index in [2.05, 4.69) is 36.3 Å². The van der Waals surface area contributed by atoms with Crippen LogP contribution in [0.25, 0.3) is 10.2 Å². The third-order valence-corrected chi connectivity index (χ3v) is 4.86. The summed E-state index contributed by atoms with van der Waals surface area (Å²) in [5, 5.41) is 14.3. The molecule has 0 saturated heterocycles. The fourth-order valence-electron chi connectivity index (χ4n) is 2.43. The van der Waals surface area contributed by atoms with Crippen LogP contribution in [0.4, 0.5) is 0 Å². The largest absolute Gasteiger partial charge is 0.443 e. The van der Waals surface area contributed by atoms with E-state index in [0.29, 0.717) is 11.4 Å². The summed E-state index contributed by atoms with van der Waals surface area (Å²) in [5.74, 6) is -0.466. The summed E-state index contributed by atoms with van der Waals surface area (Å²) in [6.07, 6.45) is -0.757. The molecule has 0 unspecified atom stereocenters. The number of thiophene rings is 1. The van der Waals surface area contributed by atoms with Crippen LogP contribution >= 0.6 is 11.3 Å². The van der Waals surface area contributed by atoms with Crippen LogP contribution in [-0.4, -0.2) is 21.9 Å². The van der Waals surface area contributed by atoms with Crippen LogP contribution < -0.4 is 0 Å². The number of fused-ring (bicyclic) bond motifs is 1. The van der Waals surface area contributed by atoms with Gasteiger partial charge >= 0.3 is 5.97 Å². The molecular weight excluding hydrogens is 322 g/mol. The second kappa shape index (κ2) is 6.46. The van der Waals surface area contributed by atoms with Crippen molar-refractivity contribution in [2.75, 3.05) is 0 Å². The predicted octanol–water partition coefficient (Wildman–Crippen LogP) is 3.83. The number of aryl methyl sites for hydroxylation is 2. The zero-order valence-corrected chi connectivity index (χ0v) is 14.6. The van der Waals surface area contributed by atoms with Gasteiger partial charge in [-0.3, -0.25) is 4.68 Å². The lowest BCUT2D eigenvalue weighted by Gasteiger charge is -2.04. The van der Waals surface area contributed by atoms with Crippen LogP contribution in [0.15, 0.2) is 30.3 Å². The van der Waals surface area contributed by atoms with Gasteiger partial charge in [-0.15, -0.1) is 11.3 Å². The molecule has 0 aliphatic carbocycles. The van der Waals surface area contributed by atoms with Crippen molar-refractivity contribution in [2.45, 2.75) is 33.4 Å². The van der Waals surface area contributed by atoms with E-state index >= 15 is 0 Å². The fraction of sp³-hybridized carbons (Fsp3) is 0.278. The van der Waals surface area contributed by atoms with E-state index in [1.807, 2.05) is 17.7 Å². The predicted molar refractivity (Wildman–Crippen MR) is 93.1 cm³/mol. The molecule has 122 valence electrons. The molecule has 6 heteroatoms. The van der Waals surface area contributed by atoms with E-state index in [1.54, 1.807) is 13.0 Å². The average Bonchev–Trinajstić information content (AvgIpc) is 3.11. The zero-order chi connectivity index (χ0) is 17.3. The maximum Gasteiger partial charge on any atom is 0.349 e. The smallest absolute Gasteiger partial charge is 0.349 e. The first kappa shape index (κ1) is 16.2. The van der Waals surface area contributed by atoms with Gasteiger partial charge in [-0.2, -0.15) is 10.4 Å². The number of ether oxygens (including phenoxy) is 1. The number of hydrogen-bond donors (Lipinski definition) is 0. The molecule has 3 aromatic rings. The van der Waals surface area contributed by atoms with Gasteiger partial charge in [-0.25, -0.2) is 4.79 Å². The van der Waals surface area contributed by atoms with E-state index in [4.69, 9.17) is 10.00 Å². The summed E-state index contributed by atoms with van der Waals surface area (Å²) in [7, 11) is 0. The number of rotatable bonds is 4. The molecule has 0 radical (unpaired) electrons. The first-order valence-corrected chi connectivity index (χ1v) is 8.42. The number of carbonyl (C=O) groups excluding carboxylic acids is 1. The van der Waals surface area contributed by atoms with Crippen LogP contribution in [0.5, 0.6) is 0 Å². The van der Waals surface area contributed by atoms with Gasteiger partial charge in [0.05, 0.1) is 12.2 Å². The molecule has 0 aliphatic rings. The number of esters is 1. The summed E-state index contributed by atoms with van der Waals surface area (Å²) in [6.45, 7) is 6.18. The van der Waals surface area contributed by atoms with E-state index < -0.39 is 12.1 Å². The van der Waals surface area contributed by atoms with Crippen LogP contribution in [0, 0.1) is 25.2 Å². The summed E-state index contributed by atoms with van der Waals surface area (Å²) < 4.78 is 6.98. The minimum Gasteiger partial charge on any atom is -0.443 e. The Morgan fingerprint density at radius 3 is 2.75 bits per heavy atom. The van der Waals surface area contributed by atoms with Crippen molar-refractivity contribution < 1.29 is 9.53 Å². The minimum atomic E-state index is -0.757. The lowest BCUT2D eigenvalue weighted by molar-refractivity contribution is 0.0441. The van der Waals surface area contributed by atoms with E-state index in [-0.39, 0.29) is 0 Å². The van der Waals surface area contributed by atoms with Gasteiger partial charge in [0, 0.05) is 5.39 Å². The van der Waals surface area contributed by atoms with E-state index in [0.717, 1.165) is 21.5 Å². The number of benzene rings is 1. The molecule has 24 heavy (non-hydrogen) atoms. The highest BCUT2D eigenvalue weighted by molar-refractivity contribution is 7.20. The second-order valence-electron chi connectivity index (χ2n) is 5.73. The summed E-state index contributed by atoms with van der Waals surface area (Å²) in [6, 6.07) is 12.0. The van der Waals surface area contributed by atoms with Gasteiger partial charge in [0.25, 0.3) is 0 Å². The molecule has 0 N–H and O–H groups in total. The van der Waals surface area contributed by atoms with Gasteiger partial charge in [-0.05, 0) is 32.4 Å². The Morgan fingerprint density at radius 1 is 1.38 bits per heavy atom. The van der Waals surface area contributed by atoms with Crippen molar-refractivity contribution >= 4 is 27.5 Å². The Hall–Kier alpha value is -2.65. The molecule has 0 saturated carbocycles. The van der Waals surface area contributed by atoms with Crippen molar-refractivity contribution in [2.24, 2.45) is 0 Å². The Morgan fingerprint density at radius 2 is 2.08 bits per heavy atom. The number of aromatic nitrogens is 2. The lowest BCUT2D eigenvalue weighted by Crippen LogP contribution is -2.11. The molecular formula is C18H17N3O2S. The average molecular weight is 339 g/mol. The topological polar surface area (TPSA) is 67.9 Å². The molecule has 0 bridgehead atoms. The first-order chi connectivity index (χ1) is 11.5. The number of nitrogens with zero attached hydrogens (tertiary/aromatic N) is 3. The quantitative estimate of drug-likeness (QED) is 0.677. The van der Waals surface area contributed by atoms with E-state index in [1.165, 1.54) is 16.9 Å². The number of hydrogen-bond acceptors (Lipinski definition) is 5. The maximum atomic E-state index is 12.1. The number of nitriles is 1. The molecule has 0 amide bonds. The van der Waals surface area contributed by atoms with Gasteiger partial charge in [0.15, 0.2) is 6.10 Å². The monoisotopic (exact) mass is 339 g/mol. The fourth-order valence-corrected chi connectivity index (χ4v) is 3.48. The molecule has 2 aromatic heterocycles. The van der Waals surface area contributed by atoms with Crippen LogP contribution in [0.3, 0.4) is 0 Å². The normalized spacial score (nSPS) is 12.1. The maximum absolute atomic E-state index is 12.1. The SMILES string of the molecule is Cc1ccc(Cn2nc(C)c3cc(C(=O)O[C@@H](C)C#N)sc32)cc1. The van der Waals surface area contributed by atoms with Crippen LogP contribution in [0.2, 0.25) is 0 Å². The summed E-state index contributed by atoms with van der Waals surface area (Å²) in [4.78, 5) is 13.5. The summed E-state index contributed by atoms with van der Waals surface area (Å²) in [5.41, 5.74) is 3.25.